The van der Waals surface area contributed by atoms with Gasteiger partial charge in [0, 0.05) is 17.1 Å². The summed E-state index contributed by atoms with van der Waals surface area (Å²) in [7, 11) is 0. The lowest BCUT2D eigenvalue weighted by molar-refractivity contribution is 1.04. The molecule has 0 radical (unpaired) electrons. The van der Waals surface area contributed by atoms with Gasteiger partial charge in [-0.25, -0.2) is 0 Å². The molecule has 2 aromatic carbocycles. The minimum atomic E-state index is 0.0396. The monoisotopic (exact) mass is 337 g/mol. The van der Waals surface area contributed by atoms with Crippen LogP contribution in [0.1, 0.15) is 17.5 Å². The summed E-state index contributed by atoms with van der Waals surface area (Å²) in [6.07, 6.45) is 8.09. The van der Waals surface area contributed by atoms with Crippen molar-refractivity contribution >= 4 is 40.5 Å². The lowest BCUT2D eigenvalue weighted by atomic mass is 10.1. The molecule has 1 aliphatic rings. The first-order chi connectivity index (χ1) is 11.4. The lowest BCUT2D eigenvalue weighted by Gasteiger charge is -2.34. The fraction of sp³-hybridized carbons (Fsp3) is 0.200. The van der Waals surface area contributed by atoms with Gasteiger partial charge in [0.2, 0.25) is 0 Å². The summed E-state index contributed by atoms with van der Waals surface area (Å²) in [5, 5.41) is 1.29. The fourth-order valence-electron chi connectivity index (χ4n) is 3.01. The van der Waals surface area contributed by atoms with E-state index in [-0.39, 0.29) is 4.08 Å². The van der Waals surface area contributed by atoms with E-state index in [9.17, 15) is 0 Å². The SMILES string of the molecule is C(=C\C1(c2ccccc2)SCCCS1)/c1c[nH]c2ccccc12. The number of thioether (sulfide) groups is 2. The molecule has 3 heteroatoms. The Hall–Kier alpha value is -1.58. The number of H-pyrrole nitrogens is 1. The normalized spacial score (nSPS) is 17.7. The molecule has 1 nitrogen and oxygen atoms in total. The summed E-state index contributed by atoms with van der Waals surface area (Å²) < 4.78 is 0.0396. The molecule has 2 heterocycles. The molecule has 3 aromatic rings. The number of rotatable bonds is 3. The first-order valence-electron chi connectivity index (χ1n) is 7.96. The molecule has 1 aromatic heterocycles. The van der Waals surface area contributed by atoms with E-state index in [1.807, 2.05) is 0 Å². The smallest absolute Gasteiger partial charge is 0.105 e. The number of aromatic nitrogens is 1. The van der Waals surface area contributed by atoms with Crippen molar-refractivity contribution in [1.82, 2.24) is 4.98 Å². The van der Waals surface area contributed by atoms with Crippen LogP contribution in [0.3, 0.4) is 0 Å². The maximum absolute atomic E-state index is 3.36. The van der Waals surface area contributed by atoms with Crippen molar-refractivity contribution in [3.8, 4) is 0 Å². The van der Waals surface area contributed by atoms with E-state index in [0.717, 1.165) is 0 Å². The molecule has 0 saturated carbocycles. The van der Waals surface area contributed by atoms with Crippen molar-refractivity contribution in [2.75, 3.05) is 11.5 Å². The summed E-state index contributed by atoms with van der Waals surface area (Å²) in [5.41, 5.74) is 3.86. The Labute approximate surface area is 145 Å². The first-order valence-corrected chi connectivity index (χ1v) is 9.93. The third kappa shape index (κ3) is 2.96. The van der Waals surface area contributed by atoms with E-state index in [1.54, 1.807) is 0 Å². The van der Waals surface area contributed by atoms with Gasteiger partial charge in [-0.05, 0) is 35.1 Å². The van der Waals surface area contributed by atoms with Gasteiger partial charge in [-0.1, -0.05) is 60.7 Å². The molecule has 0 amide bonds. The molecule has 23 heavy (non-hydrogen) atoms. The number of benzene rings is 2. The first kappa shape index (κ1) is 15.0. The van der Waals surface area contributed by atoms with Gasteiger partial charge in [0.1, 0.15) is 4.08 Å². The van der Waals surface area contributed by atoms with Crippen molar-refractivity contribution in [2.24, 2.45) is 0 Å². The van der Waals surface area contributed by atoms with Crippen LogP contribution in [0.4, 0.5) is 0 Å². The second-order valence-electron chi connectivity index (χ2n) is 5.71. The van der Waals surface area contributed by atoms with Crippen LogP contribution in [0, 0.1) is 0 Å². The molecule has 1 N–H and O–H groups in total. The van der Waals surface area contributed by atoms with E-state index in [2.05, 4.69) is 101 Å². The second kappa shape index (κ2) is 6.50. The average molecular weight is 338 g/mol. The Morgan fingerprint density at radius 1 is 0.913 bits per heavy atom. The maximum Gasteiger partial charge on any atom is 0.105 e. The van der Waals surface area contributed by atoms with Crippen molar-refractivity contribution in [1.29, 1.82) is 0 Å². The van der Waals surface area contributed by atoms with Crippen LogP contribution in [0.5, 0.6) is 0 Å². The van der Waals surface area contributed by atoms with Crippen LogP contribution in [-0.2, 0) is 4.08 Å². The van der Waals surface area contributed by atoms with Gasteiger partial charge in [-0.3, -0.25) is 0 Å². The predicted octanol–water partition coefficient (Wildman–Crippen LogP) is 5.90. The Kier molecular flexibility index (Phi) is 4.23. The van der Waals surface area contributed by atoms with Crippen molar-refractivity contribution in [2.45, 2.75) is 10.5 Å². The topological polar surface area (TPSA) is 15.8 Å². The van der Waals surface area contributed by atoms with Gasteiger partial charge in [0.15, 0.2) is 0 Å². The van der Waals surface area contributed by atoms with Crippen molar-refractivity contribution in [3.05, 3.63) is 78.0 Å². The van der Waals surface area contributed by atoms with Gasteiger partial charge in [-0.2, -0.15) is 0 Å². The standard InChI is InChI=1S/C20H19NS2/c1-2-7-17(8-3-1)20(22-13-6-14-23-20)12-11-16-15-21-19-10-5-4-9-18(16)19/h1-5,7-12,15,21H,6,13-14H2/b12-11+. The van der Waals surface area contributed by atoms with Crippen LogP contribution in [0.25, 0.3) is 17.0 Å². The summed E-state index contributed by atoms with van der Waals surface area (Å²) in [6.45, 7) is 0. The number of hydrogen-bond acceptors (Lipinski definition) is 2. The molecule has 0 aliphatic carbocycles. The van der Waals surface area contributed by atoms with Gasteiger partial charge in [-0.15, -0.1) is 23.5 Å². The average Bonchev–Trinajstić information content (AvgIpc) is 3.05. The highest BCUT2D eigenvalue weighted by Gasteiger charge is 2.32. The van der Waals surface area contributed by atoms with Crippen molar-refractivity contribution in [3.63, 3.8) is 0 Å². The molecule has 1 fully saturated rings. The van der Waals surface area contributed by atoms with E-state index < -0.39 is 0 Å². The Morgan fingerprint density at radius 2 is 1.65 bits per heavy atom. The Morgan fingerprint density at radius 3 is 2.48 bits per heavy atom. The number of hydrogen-bond donors (Lipinski definition) is 1. The van der Waals surface area contributed by atoms with E-state index in [4.69, 9.17) is 0 Å². The zero-order valence-corrected chi connectivity index (χ0v) is 14.5. The molecule has 0 bridgehead atoms. The van der Waals surface area contributed by atoms with Crippen molar-refractivity contribution < 1.29 is 0 Å². The molecular weight excluding hydrogens is 318 g/mol. The minimum absolute atomic E-state index is 0.0396. The highest BCUT2D eigenvalue weighted by Crippen LogP contribution is 2.51. The largest absolute Gasteiger partial charge is 0.361 e. The number of para-hydroxylation sites is 1. The molecule has 1 aliphatic heterocycles. The summed E-state index contributed by atoms with van der Waals surface area (Å²) in [5.74, 6) is 2.44. The van der Waals surface area contributed by atoms with E-state index >= 15 is 0 Å². The van der Waals surface area contributed by atoms with Crippen LogP contribution < -0.4 is 0 Å². The lowest BCUT2D eigenvalue weighted by Crippen LogP contribution is -2.20. The predicted molar refractivity (Wildman–Crippen MR) is 105 cm³/mol. The fourth-order valence-corrected chi connectivity index (χ4v) is 6.14. The van der Waals surface area contributed by atoms with E-state index in [1.165, 1.54) is 40.0 Å². The van der Waals surface area contributed by atoms with Gasteiger partial charge in [0.25, 0.3) is 0 Å². The quantitative estimate of drug-likeness (QED) is 0.640. The molecule has 116 valence electrons. The van der Waals surface area contributed by atoms with Gasteiger partial charge < -0.3 is 4.98 Å². The highest BCUT2D eigenvalue weighted by atomic mass is 32.2. The molecular formula is C20H19NS2. The second-order valence-corrected chi connectivity index (χ2v) is 8.65. The van der Waals surface area contributed by atoms with Crippen LogP contribution >= 0.6 is 23.5 Å². The summed E-state index contributed by atoms with van der Waals surface area (Å²) in [4.78, 5) is 3.36. The minimum Gasteiger partial charge on any atom is -0.361 e. The van der Waals surface area contributed by atoms with Crippen LogP contribution in [0.2, 0.25) is 0 Å². The zero-order chi connectivity index (χ0) is 15.5. The summed E-state index contributed by atoms with van der Waals surface area (Å²) >= 11 is 4.11. The number of aromatic amines is 1. The highest BCUT2D eigenvalue weighted by molar-refractivity contribution is 8.18. The van der Waals surface area contributed by atoms with Crippen LogP contribution in [0.15, 0.2) is 66.9 Å². The van der Waals surface area contributed by atoms with E-state index in [0.29, 0.717) is 0 Å². The maximum atomic E-state index is 3.36. The third-order valence-corrected chi connectivity index (χ3v) is 7.50. The Balaban J connectivity index is 1.73. The molecule has 0 atom stereocenters. The van der Waals surface area contributed by atoms with Gasteiger partial charge in [0.05, 0.1) is 0 Å². The molecule has 0 spiro atoms. The molecule has 1 saturated heterocycles. The summed E-state index contributed by atoms with van der Waals surface area (Å²) in [6, 6.07) is 19.4. The Bertz CT molecular complexity index is 814. The molecule has 4 rings (SSSR count). The van der Waals surface area contributed by atoms with Crippen LogP contribution in [-0.4, -0.2) is 16.5 Å². The molecule has 0 unspecified atom stereocenters. The number of fused-ring (bicyclic) bond motifs is 1. The van der Waals surface area contributed by atoms with Gasteiger partial charge >= 0.3 is 0 Å². The zero-order valence-electron chi connectivity index (χ0n) is 12.9. The third-order valence-electron chi connectivity index (χ3n) is 4.20. The number of nitrogens with one attached hydrogen (secondary N) is 1.